The molecule has 0 fully saturated rings. The summed E-state index contributed by atoms with van der Waals surface area (Å²) in [4.78, 5) is 24.3. The number of anilines is 1. The molecule has 0 spiro atoms. The normalized spacial score (nSPS) is 10.4. The number of carboxylic acids is 1. The van der Waals surface area contributed by atoms with Crippen LogP contribution in [0.2, 0.25) is 0 Å². The molecule has 0 aliphatic rings. The third-order valence-electron chi connectivity index (χ3n) is 3.06. The van der Waals surface area contributed by atoms with Crippen molar-refractivity contribution in [2.75, 3.05) is 5.32 Å². The lowest BCUT2D eigenvalue weighted by Gasteiger charge is -2.05. The molecule has 6 heteroatoms. The third-order valence-corrected chi connectivity index (χ3v) is 4.83. The number of carboxylic acid groups (broad SMARTS) is 1. The van der Waals surface area contributed by atoms with E-state index in [1.54, 1.807) is 22.9 Å². The van der Waals surface area contributed by atoms with Gasteiger partial charge < -0.3 is 10.4 Å². The van der Waals surface area contributed by atoms with Crippen LogP contribution in [-0.4, -0.2) is 17.0 Å². The number of thiophene rings is 2. The summed E-state index contributed by atoms with van der Waals surface area (Å²) in [5.74, 6) is -1.35. The molecule has 0 unspecified atom stereocenters. The van der Waals surface area contributed by atoms with Crippen molar-refractivity contribution in [1.29, 1.82) is 0 Å². The van der Waals surface area contributed by atoms with Gasteiger partial charge in [0.2, 0.25) is 0 Å². The van der Waals surface area contributed by atoms with Gasteiger partial charge in [-0.2, -0.15) is 0 Å². The van der Waals surface area contributed by atoms with Crippen LogP contribution in [-0.2, 0) is 0 Å². The fourth-order valence-corrected chi connectivity index (χ4v) is 3.64. The van der Waals surface area contributed by atoms with Crippen molar-refractivity contribution in [2.24, 2.45) is 0 Å². The first-order valence-corrected chi connectivity index (χ1v) is 8.18. The molecular weight excluding hydrogens is 318 g/mol. The van der Waals surface area contributed by atoms with Crippen LogP contribution in [0.15, 0.2) is 53.2 Å². The molecule has 3 aromatic rings. The van der Waals surface area contributed by atoms with Crippen LogP contribution in [0.3, 0.4) is 0 Å². The summed E-state index contributed by atoms with van der Waals surface area (Å²) in [6.07, 6.45) is 0. The minimum atomic E-state index is -1.05. The van der Waals surface area contributed by atoms with E-state index >= 15 is 0 Å². The van der Waals surface area contributed by atoms with E-state index in [2.05, 4.69) is 5.32 Å². The molecule has 0 radical (unpaired) electrons. The predicted molar refractivity (Wildman–Crippen MR) is 89.0 cm³/mol. The summed E-state index contributed by atoms with van der Waals surface area (Å²) in [5.41, 5.74) is 1.55. The Morgan fingerprint density at radius 2 is 1.77 bits per heavy atom. The Morgan fingerprint density at radius 3 is 2.41 bits per heavy atom. The number of hydrogen-bond donors (Lipinski definition) is 2. The molecule has 1 amide bonds. The fraction of sp³-hybridized carbons (Fsp3) is 0. The maximum atomic E-state index is 12.1. The Morgan fingerprint density at radius 1 is 1.00 bits per heavy atom. The highest BCUT2D eigenvalue weighted by Gasteiger charge is 2.21. The van der Waals surface area contributed by atoms with Crippen molar-refractivity contribution in [3.8, 4) is 11.1 Å². The number of carbonyl (C=O) groups excluding carboxylic acids is 1. The lowest BCUT2D eigenvalue weighted by atomic mass is 10.0. The molecule has 3 rings (SSSR count). The molecule has 0 bridgehead atoms. The van der Waals surface area contributed by atoms with E-state index in [0.717, 1.165) is 5.56 Å². The van der Waals surface area contributed by atoms with Crippen molar-refractivity contribution in [3.63, 3.8) is 0 Å². The second-order valence-corrected chi connectivity index (χ2v) is 6.28. The molecule has 1 aromatic carbocycles. The molecule has 0 saturated heterocycles. The molecule has 4 nitrogen and oxygen atoms in total. The van der Waals surface area contributed by atoms with Gasteiger partial charge >= 0.3 is 5.97 Å². The smallest absolute Gasteiger partial charge is 0.339 e. The fourth-order valence-electron chi connectivity index (χ4n) is 2.06. The molecule has 0 saturated carbocycles. The molecule has 2 N–H and O–H groups in total. The highest BCUT2D eigenvalue weighted by Crippen LogP contribution is 2.35. The van der Waals surface area contributed by atoms with Crippen molar-refractivity contribution in [2.45, 2.75) is 0 Å². The van der Waals surface area contributed by atoms with E-state index in [1.165, 1.54) is 22.7 Å². The van der Waals surface area contributed by atoms with Gasteiger partial charge in [-0.05, 0) is 17.0 Å². The zero-order chi connectivity index (χ0) is 15.5. The van der Waals surface area contributed by atoms with Gasteiger partial charge in [0, 0.05) is 10.9 Å². The van der Waals surface area contributed by atoms with Gasteiger partial charge in [-0.3, -0.25) is 4.79 Å². The SMILES string of the molecule is O=C(Nc1scc(-c2ccccc2)c1C(=O)O)c1cccs1. The Kier molecular flexibility index (Phi) is 4.04. The lowest BCUT2D eigenvalue weighted by Crippen LogP contribution is -2.12. The number of amides is 1. The molecule has 22 heavy (non-hydrogen) atoms. The minimum Gasteiger partial charge on any atom is -0.478 e. The first-order valence-electron chi connectivity index (χ1n) is 6.42. The Balaban J connectivity index is 1.97. The maximum Gasteiger partial charge on any atom is 0.339 e. The first-order chi connectivity index (χ1) is 10.7. The van der Waals surface area contributed by atoms with Gasteiger partial charge in [-0.1, -0.05) is 36.4 Å². The quantitative estimate of drug-likeness (QED) is 0.744. The highest BCUT2D eigenvalue weighted by atomic mass is 32.1. The Hall–Kier alpha value is -2.44. The summed E-state index contributed by atoms with van der Waals surface area (Å²) in [6.45, 7) is 0. The predicted octanol–water partition coefficient (Wildman–Crippen LogP) is 4.43. The first kappa shape index (κ1) is 14.5. The molecule has 110 valence electrons. The number of aromatic carboxylic acids is 1. The second kappa shape index (κ2) is 6.13. The topological polar surface area (TPSA) is 66.4 Å². The van der Waals surface area contributed by atoms with Crippen LogP contribution in [0.4, 0.5) is 5.00 Å². The third kappa shape index (κ3) is 2.79. The van der Waals surface area contributed by atoms with Gasteiger partial charge in [-0.25, -0.2) is 4.79 Å². The summed E-state index contributed by atoms with van der Waals surface area (Å²) < 4.78 is 0. The molecule has 2 heterocycles. The average molecular weight is 329 g/mol. The lowest BCUT2D eigenvalue weighted by molar-refractivity contribution is 0.0699. The van der Waals surface area contributed by atoms with E-state index in [4.69, 9.17) is 0 Å². The molecule has 2 aromatic heterocycles. The van der Waals surface area contributed by atoms with Crippen molar-refractivity contribution >= 4 is 39.6 Å². The monoisotopic (exact) mass is 329 g/mol. The van der Waals surface area contributed by atoms with Crippen molar-refractivity contribution in [1.82, 2.24) is 0 Å². The molecule has 0 aliphatic carbocycles. The van der Waals surface area contributed by atoms with E-state index in [1.807, 2.05) is 30.3 Å². The number of carbonyl (C=O) groups is 2. The summed E-state index contributed by atoms with van der Waals surface area (Å²) in [5, 5.41) is 16.1. The van der Waals surface area contributed by atoms with Crippen LogP contribution in [0.25, 0.3) is 11.1 Å². The van der Waals surface area contributed by atoms with E-state index < -0.39 is 5.97 Å². The molecule has 0 atom stereocenters. The van der Waals surface area contributed by atoms with Crippen LogP contribution in [0.1, 0.15) is 20.0 Å². The zero-order valence-corrected chi connectivity index (χ0v) is 12.9. The Bertz CT molecular complexity index is 807. The van der Waals surface area contributed by atoms with E-state index in [-0.39, 0.29) is 11.5 Å². The standard InChI is InChI=1S/C16H11NO3S2/c18-14(12-7-4-8-21-12)17-15-13(16(19)20)11(9-22-15)10-5-2-1-3-6-10/h1-9H,(H,17,18)(H,19,20). The number of rotatable bonds is 4. The number of nitrogens with one attached hydrogen (secondary N) is 1. The van der Waals surface area contributed by atoms with E-state index in [0.29, 0.717) is 15.4 Å². The van der Waals surface area contributed by atoms with Crippen molar-refractivity contribution < 1.29 is 14.7 Å². The zero-order valence-electron chi connectivity index (χ0n) is 11.3. The average Bonchev–Trinajstić information content (AvgIpc) is 3.17. The van der Waals surface area contributed by atoms with Crippen LogP contribution < -0.4 is 5.32 Å². The highest BCUT2D eigenvalue weighted by molar-refractivity contribution is 7.15. The minimum absolute atomic E-state index is 0.126. The number of benzene rings is 1. The van der Waals surface area contributed by atoms with Crippen molar-refractivity contribution in [3.05, 3.63) is 63.7 Å². The van der Waals surface area contributed by atoms with Gasteiger partial charge in [0.25, 0.3) is 5.91 Å². The summed E-state index contributed by atoms with van der Waals surface area (Å²) in [6, 6.07) is 12.7. The van der Waals surface area contributed by atoms with Crippen LogP contribution >= 0.6 is 22.7 Å². The number of hydrogen-bond acceptors (Lipinski definition) is 4. The van der Waals surface area contributed by atoms with E-state index in [9.17, 15) is 14.7 Å². The second-order valence-electron chi connectivity index (χ2n) is 4.46. The van der Waals surface area contributed by atoms with Crippen LogP contribution in [0, 0.1) is 0 Å². The maximum absolute atomic E-state index is 12.1. The van der Waals surface area contributed by atoms with Gasteiger partial charge in [0.1, 0.15) is 10.6 Å². The largest absolute Gasteiger partial charge is 0.478 e. The summed E-state index contributed by atoms with van der Waals surface area (Å²) in [7, 11) is 0. The van der Waals surface area contributed by atoms with Crippen LogP contribution in [0.5, 0.6) is 0 Å². The van der Waals surface area contributed by atoms with Gasteiger partial charge in [0.15, 0.2) is 0 Å². The molecular formula is C16H11NO3S2. The Labute approximate surface area is 134 Å². The summed E-state index contributed by atoms with van der Waals surface area (Å²) >= 11 is 2.53. The van der Waals surface area contributed by atoms with Gasteiger partial charge in [-0.15, -0.1) is 22.7 Å². The molecule has 0 aliphatic heterocycles. The van der Waals surface area contributed by atoms with Gasteiger partial charge in [0.05, 0.1) is 4.88 Å².